The molecule has 40 heavy (non-hydrogen) atoms. The van der Waals surface area contributed by atoms with Gasteiger partial charge >= 0.3 is 6.03 Å². The molecule has 4 rings (SSSR count). The molecule has 206 valence electrons. The molecule has 1 saturated heterocycles. The average Bonchev–Trinajstić information content (AvgIpc) is 2.89. The Bertz CT molecular complexity index is 1540. The predicted molar refractivity (Wildman–Crippen MR) is 153 cm³/mol. The summed E-state index contributed by atoms with van der Waals surface area (Å²) >= 11 is 18.4. The molecule has 1 fully saturated rings. The van der Waals surface area contributed by atoms with E-state index in [0.29, 0.717) is 26.9 Å². The highest BCUT2D eigenvalue weighted by Crippen LogP contribution is 2.38. The third-order valence-electron chi connectivity index (χ3n) is 5.63. The minimum Gasteiger partial charge on any atom is -0.490 e. The van der Waals surface area contributed by atoms with Crippen LogP contribution in [0, 0.1) is 6.92 Å². The van der Waals surface area contributed by atoms with Crippen molar-refractivity contribution in [3.05, 3.63) is 86.4 Å². The number of anilines is 2. The highest BCUT2D eigenvalue weighted by molar-refractivity contribution is 6.40. The second-order valence-corrected chi connectivity index (χ2v) is 9.78. The van der Waals surface area contributed by atoms with E-state index in [1.807, 2.05) is 0 Å². The molecule has 0 aliphatic carbocycles. The van der Waals surface area contributed by atoms with Crippen molar-refractivity contribution in [3.8, 4) is 11.5 Å². The molecular formula is C28H22Cl3N3O6. The number of rotatable bonds is 8. The molecular weight excluding hydrogens is 581 g/mol. The van der Waals surface area contributed by atoms with Crippen molar-refractivity contribution in [2.75, 3.05) is 23.4 Å². The summed E-state index contributed by atoms with van der Waals surface area (Å²) in [5.41, 5.74) is 1.38. The first kappa shape index (κ1) is 28.9. The molecule has 3 aromatic carbocycles. The van der Waals surface area contributed by atoms with Crippen molar-refractivity contribution in [1.29, 1.82) is 0 Å². The monoisotopic (exact) mass is 601 g/mol. The number of amides is 5. The van der Waals surface area contributed by atoms with Crippen LogP contribution in [0.2, 0.25) is 15.1 Å². The van der Waals surface area contributed by atoms with Gasteiger partial charge in [-0.25, -0.2) is 9.69 Å². The Balaban J connectivity index is 1.60. The van der Waals surface area contributed by atoms with E-state index in [4.69, 9.17) is 44.3 Å². The topological polar surface area (TPSA) is 114 Å². The molecule has 12 heteroatoms. The maximum Gasteiger partial charge on any atom is 0.335 e. The van der Waals surface area contributed by atoms with Crippen molar-refractivity contribution < 1.29 is 28.7 Å². The van der Waals surface area contributed by atoms with E-state index >= 15 is 0 Å². The standard InChI is InChI=1S/C28H22Cl3N3O6/c1-3-39-23-12-16(11-21(31)25(23)40-14-24(35)32-19-8-6-17(29)7-9-19)10-20-26(36)33-28(38)34(27(20)37)22-13-18(30)5-4-15(22)2/h4-13H,3,14H2,1-2H3,(H,32,35)(H,33,36,38)/b20-10+. The Morgan fingerprint density at radius 1 is 0.975 bits per heavy atom. The Morgan fingerprint density at radius 2 is 1.68 bits per heavy atom. The van der Waals surface area contributed by atoms with Crippen molar-refractivity contribution in [2.24, 2.45) is 0 Å². The smallest absolute Gasteiger partial charge is 0.335 e. The van der Waals surface area contributed by atoms with Gasteiger partial charge in [-0.3, -0.25) is 19.7 Å². The Kier molecular flexibility index (Phi) is 8.99. The van der Waals surface area contributed by atoms with E-state index in [-0.39, 0.29) is 41.0 Å². The second-order valence-electron chi connectivity index (χ2n) is 8.50. The first-order valence-corrected chi connectivity index (χ1v) is 13.0. The highest BCUT2D eigenvalue weighted by Gasteiger charge is 2.37. The molecule has 3 aromatic rings. The fourth-order valence-corrected chi connectivity index (χ4v) is 4.37. The summed E-state index contributed by atoms with van der Waals surface area (Å²) < 4.78 is 11.3. The summed E-state index contributed by atoms with van der Waals surface area (Å²) in [5, 5.41) is 5.76. The zero-order valence-corrected chi connectivity index (χ0v) is 23.5. The van der Waals surface area contributed by atoms with Gasteiger partial charge in [0.05, 0.1) is 17.3 Å². The van der Waals surface area contributed by atoms with Gasteiger partial charge in [-0.15, -0.1) is 0 Å². The third-order valence-corrected chi connectivity index (χ3v) is 6.40. The first-order valence-electron chi connectivity index (χ1n) is 11.9. The Hall–Kier alpha value is -4.05. The van der Waals surface area contributed by atoms with Gasteiger partial charge in [-0.1, -0.05) is 40.9 Å². The average molecular weight is 603 g/mol. The number of hydrogen-bond donors (Lipinski definition) is 2. The lowest BCUT2D eigenvalue weighted by atomic mass is 10.1. The Labute approximate surface area is 244 Å². The summed E-state index contributed by atoms with van der Waals surface area (Å²) in [6.07, 6.45) is 1.28. The fraction of sp³-hybridized carbons (Fsp3) is 0.143. The molecule has 1 aliphatic heterocycles. The SMILES string of the molecule is CCOc1cc(/C=C2\C(=O)NC(=O)N(c3cc(Cl)ccc3C)C2=O)cc(Cl)c1OCC(=O)Nc1ccc(Cl)cc1. The van der Waals surface area contributed by atoms with Crippen molar-refractivity contribution in [3.63, 3.8) is 0 Å². The largest absolute Gasteiger partial charge is 0.490 e. The number of barbiturate groups is 1. The summed E-state index contributed by atoms with van der Waals surface area (Å²) in [5.74, 6) is -1.88. The normalized spacial score (nSPS) is 14.3. The van der Waals surface area contributed by atoms with Crippen molar-refractivity contribution >= 4 is 76.0 Å². The number of nitrogens with zero attached hydrogens (tertiary/aromatic N) is 1. The summed E-state index contributed by atoms with van der Waals surface area (Å²) in [6, 6.07) is 13.3. The third kappa shape index (κ3) is 6.56. The maximum atomic E-state index is 13.3. The van der Waals surface area contributed by atoms with Crippen molar-refractivity contribution in [1.82, 2.24) is 5.32 Å². The van der Waals surface area contributed by atoms with Crippen LogP contribution in [-0.2, 0) is 14.4 Å². The number of urea groups is 1. The minimum absolute atomic E-state index is 0.0689. The quantitative estimate of drug-likeness (QED) is 0.240. The number of imide groups is 2. The summed E-state index contributed by atoms with van der Waals surface area (Å²) in [6.45, 7) is 3.30. The van der Waals surface area contributed by atoms with E-state index in [9.17, 15) is 19.2 Å². The molecule has 0 spiro atoms. The lowest BCUT2D eigenvalue weighted by molar-refractivity contribution is -0.122. The zero-order valence-electron chi connectivity index (χ0n) is 21.2. The number of nitrogens with one attached hydrogen (secondary N) is 2. The zero-order chi connectivity index (χ0) is 29.0. The number of aryl methyl sites for hydroxylation is 1. The van der Waals surface area contributed by atoms with Crippen LogP contribution in [0.3, 0.4) is 0 Å². The summed E-state index contributed by atoms with van der Waals surface area (Å²) in [4.78, 5) is 51.8. The lowest BCUT2D eigenvalue weighted by Crippen LogP contribution is -2.54. The number of ether oxygens (including phenoxy) is 2. The van der Waals surface area contributed by atoms with Crippen LogP contribution in [0.25, 0.3) is 6.08 Å². The molecule has 0 atom stereocenters. The van der Waals surface area contributed by atoms with Gasteiger partial charge in [0.1, 0.15) is 5.57 Å². The molecule has 2 N–H and O–H groups in total. The van der Waals surface area contributed by atoms with Gasteiger partial charge in [0, 0.05) is 15.7 Å². The van der Waals surface area contributed by atoms with Crippen LogP contribution in [0.4, 0.5) is 16.2 Å². The molecule has 0 aromatic heterocycles. The number of halogens is 3. The van der Waals surface area contributed by atoms with E-state index < -0.39 is 23.8 Å². The number of carbonyl (C=O) groups excluding carboxylic acids is 4. The summed E-state index contributed by atoms with van der Waals surface area (Å²) in [7, 11) is 0. The molecule has 1 heterocycles. The van der Waals surface area contributed by atoms with E-state index in [0.717, 1.165) is 4.90 Å². The number of carbonyl (C=O) groups is 4. The van der Waals surface area contributed by atoms with Gasteiger partial charge in [-0.2, -0.15) is 0 Å². The molecule has 1 aliphatic rings. The highest BCUT2D eigenvalue weighted by atomic mass is 35.5. The molecule has 0 radical (unpaired) electrons. The fourth-order valence-electron chi connectivity index (χ4n) is 3.81. The molecule has 0 unspecified atom stereocenters. The van der Waals surface area contributed by atoms with Crippen LogP contribution in [-0.4, -0.2) is 37.0 Å². The van der Waals surface area contributed by atoms with Crippen LogP contribution in [0.5, 0.6) is 11.5 Å². The van der Waals surface area contributed by atoms with E-state index in [2.05, 4.69) is 10.6 Å². The number of hydrogen-bond acceptors (Lipinski definition) is 6. The van der Waals surface area contributed by atoms with Gasteiger partial charge in [0.2, 0.25) is 0 Å². The van der Waals surface area contributed by atoms with Crippen LogP contribution < -0.4 is 25.0 Å². The van der Waals surface area contributed by atoms with Gasteiger partial charge in [0.15, 0.2) is 18.1 Å². The second kappa shape index (κ2) is 12.4. The minimum atomic E-state index is -0.897. The Morgan fingerprint density at radius 3 is 2.38 bits per heavy atom. The molecule has 5 amide bonds. The molecule has 0 bridgehead atoms. The predicted octanol–water partition coefficient (Wildman–Crippen LogP) is 6.04. The molecule has 0 saturated carbocycles. The van der Waals surface area contributed by atoms with E-state index in [1.165, 1.54) is 24.3 Å². The lowest BCUT2D eigenvalue weighted by Gasteiger charge is -2.27. The number of benzene rings is 3. The van der Waals surface area contributed by atoms with Crippen LogP contribution >= 0.6 is 34.8 Å². The van der Waals surface area contributed by atoms with Gasteiger partial charge < -0.3 is 14.8 Å². The van der Waals surface area contributed by atoms with Crippen LogP contribution in [0.15, 0.2) is 60.2 Å². The maximum absolute atomic E-state index is 13.3. The van der Waals surface area contributed by atoms with Gasteiger partial charge in [-0.05, 0) is 79.6 Å². The van der Waals surface area contributed by atoms with Crippen LogP contribution in [0.1, 0.15) is 18.1 Å². The van der Waals surface area contributed by atoms with E-state index in [1.54, 1.807) is 50.2 Å². The van der Waals surface area contributed by atoms with Gasteiger partial charge in [0.25, 0.3) is 17.7 Å². The van der Waals surface area contributed by atoms with Crippen molar-refractivity contribution in [2.45, 2.75) is 13.8 Å². The molecule has 9 nitrogen and oxygen atoms in total. The first-order chi connectivity index (χ1) is 19.1.